The van der Waals surface area contributed by atoms with Gasteiger partial charge >= 0.3 is 0 Å². The molecular weight excluding hydrogens is 164 g/mol. The zero-order valence-electron chi connectivity index (χ0n) is 7.10. The van der Waals surface area contributed by atoms with Gasteiger partial charge in [-0.2, -0.15) is 5.26 Å². The standard InChI is InChI=1S/C10H10N2O/c11-7-6-9(13)10(12)8-4-2-1-3-5-8/h1-5,10H,6,12H2. The molecule has 1 aromatic carbocycles. The summed E-state index contributed by atoms with van der Waals surface area (Å²) in [7, 11) is 0. The fraction of sp³-hybridized carbons (Fsp3) is 0.200. The molecule has 3 nitrogen and oxygen atoms in total. The third kappa shape index (κ3) is 2.39. The first kappa shape index (κ1) is 9.43. The number of nitrogens with two attached hydrogens (primary N) is 1. The molecule has 0 saturated carbocycles. The predicted octanol–water partition coefficient (Wildman–Crippen LogP) is 1.17. The minimum atomic E-state index is -0.666. The zero-order chi connectivity index (χ0) is 9.68. The van der Waals surface area contributed by atoms with Gasteiger partial charge in [-0.05, 0) is 5.56 Å². The van der Waals surface area contributed by atoms with E-state index in [1.807, 2.05) is 18.2 Å². The summed E-state index contributed by atoms with van der Waals surface area (Å²) >= 11 is 0. The van der Waals surface area contributed by atoms with Gasteiger partial charge in [0.25, 0.3) is 0 Å². The van der Waals surface area contributed by atoms with E-state index in [0.29, 0.717) is 0 Å². The number of carbonyl (C=O) groups is 1. The minimum absolute atomic E-state index is 0.129. The van der Waals surface area contributed by atoms with Gasteiger partial charge in [0.1, 0.15) is 0 Å². The molecule has 0 aliphatic carbocycles. The molecule has 3 heteroatoms. The Bertz CT molecular complexity index is 327. The summed E-state index contributed by atoms with van der Waals surface area (Å²) in [6, 6.07) is 10.2. The van der Waals surface area contributed by atoms with E-state index in [1.54, 1.807) is 18.2 Å². The first-order valence-electron chi connectivity index (χ1n) is 3.96. The van der Waals surface area contributed by atoms with Crippen molar-refractivity contribution in [1.29, 1.82) is 5.26 Å². The molecule has 1 atom stereocenters. The molecule has 0 aliphatic rings. The topological polar surface area (TPSA) is 66.9 Å². The van der Waals surface area contributed by atoms with Crippen molar-refractivity contribution in [3.8, 4) is 6.07 Å². The van der Waals surface area contributed by atoms with Crippen LogP contribution in [-0.4, -0.2) is 5.78 Å². The van der Waals surface area contributed by atoms with Crippen LogP contribution < -0.4 is 5.73 Å². The average molecular weight is 174 g/mol. The van der Waals surface area contributed by atoms with Gasteiger partial charge in [-0.3, -0.25) is 4.79 Å². The van der Waals surface area contributed by atoms with Crippen LogP contribution in [0.1, 0.15) is 18.0 Å². The minimum Gasteiger partial charge on any atom is -0.318 e. The molecule has 0 saturated heterocycles. The van der Waals surface area contributed by atoms with Crippen LogP contribution in [0.15, 0.2) is 30.3 Å². The number of hydrogen-bond donors (Lipinski definition) is 1. The third-order valence-corrected chi connectivity index (χ3v) is 1.76. The number of carbonyl (C=O) groups excluding carboxylic acids is 1. The second-order valence-corrected chi connectivity index (χ2v) is 2.69. The summed E-state index contributed by atoms with van der Waals surface area (Å²) in [5.74, 6) is -0.242. The Kier molecular flexibility index (Phi) is 3.18. The van der Waals surface area contributed by atoms with E-state index in [0.717, 1.165) is 5.56 Å². The largest absolute Gasteiger partial charge is 0.318 e. The number of hydrogen-bond acceptors (Lipinski definition) is 3. The summed E-state index contributed by atoms with van der Waals surface area (Å²) in [6.07, 6.45) is -0.129. The molecule has 1 unspecified atom stereocenters. The summed E-state index contributed by atoms with van der Waals surface area (Å²) in [5, 5.41) is 8.31. The lowest BCUT2D eigenvalue weighted by Gasteiger charge is -2.07. The molecule has 0 aliphatic heterocycles. The van der Waals surface area contributed by atoms with E-state index in [-0.39, 0.29) is 12.2 Å². The van der Waals surface area contributed by atoms with Gasteiger partial charge in [0, 0.05) is 0 Å². The van der Waals surface area contributed by atoms with Crippen LogP contribution in [0.25, 0.3) is 0 Å². The summed E-state index contributed by atoms with van der Waals surface area (Å²) < 4.78 is 0. The quantitative estimate of drug-likeness (QED) is 0.747. The molecule has 13 heavy (non-hydrogen) atoms. The number of nitriles is 1. The molecule has 66 valence electrons. The molecule has 0 amide bonds. The summed E-state index contributed by atoms with van der Waals surface area (Å²) in [6.45, 7) is 0. The van der Waals surface area contributed by atoms with E-state index in [4.69, 9.17) is 11.0 Å². The number of Topliss-reactive ketones (excluding diaryl/α,β-unsaturated/α-hetero) is 1. The maximum absolute atomic E-state index is 11.2. The van der Waals surface area contributed by atoms with Crippen molar-refractivity contribution in [3.05, 3.63) is 35.9 Å². The van der Waals surface area contributed by atoms with Crippen molar-refractivity contribution in [2.24, 2.45) is 5.73 Å². The van der Waals surface area contributed by atoms with Crippen molar-refractivity contribution < 1.29 is 4.79 Å². The smallest absolute Gasteiger partial charge is 0.168 e. The van der Waals surface area contributed by atoms with E-state index < -0.39 is 6.04 Å². The van der Waals surface area contributed by atoms with Crippen molar-refractivity contribution in [1.82, 2.24) is 0 Å². The highest BCUT2D eigenvalue weighted by molar-refractivity contribution is 5.86. The average Bonchev–Trinajstić information content (AvgIpc) is 2.18. The second kappa shape index (κ2) is 4.39. The molecule has 0 spiro atoms. The fourth-order valence-corrected chi connectivity index (χ4v) is 1.03. The highest BCUT2D eigenvalue weighted by Crippen LogP contribution is 2.11. The van der Waals surface area contributed by atoms with E-state index in [9.17, 15) is 4.79 Å². The number of ketones is 1. The molecule has 0 radical (unpaired) electrons. The number of rotatable bonds is 3. The number of benzene rings is 1. The first-order chi connectivity index (χ1) is 6.25. The van der Waals surface area contributed by atoms with Gasteiger partial charge in [0.2, 0.25) is 0 Å². The lowest BCUT2D eigenvalue weighted by atomic mass is 10.0. The molecule has 0 heterocycles. The highest BCUT2D eigenvalue weighted by Gasteiger charge is 2.13. The van der Waals surface area contributed by atoms with Gasteiger partial charge in [0.15, 0.2) is 5.78 Å². The fourth-order valence-electron chi connectivity index (χ4n) is 1.03. The van der Waals surface area contributed by atoms with Gasteiger partial charge < -0.3 is 5.73 Å². The van der Waals surface area contributed by atoms with Gasteiger partial charge in [-0.15, -0.1) is 0 Å². The molecule has 1 rings (SSSR count). The molecule has 1 aromatic rings. The molecule has 2 N–H and O–H groups in total. The molecule has 0 aromatic heterocycles. The van der Waals surface area contributed by atoms with E-state index in [2.05, 4.69) is 0 Å². The molecule has 0 bridgehead atoms. The van der Waals surface area contributed by atoms with Crippen LogP contribution in [0.4, 0.5) is 0 Å². The van der Waals surface area contributed by atoms with Crippen LogP contribution in [0.2, 0.25) is 0 Å². The molecule has 0 fully saturated rings. The maximum atomic E-state index is 11.2. The Hall–Kier alpha value is -1.66. The Balaban J connectivity index is 2.75. The van der Waals surface area contributed by atoms with E-state index >= 15 is 0 Å². The van der Waals surface area contributed by atoms with Crippen molar-refractivity contribution in [2.75, 3.05) is 0 Å². The zero-order valence-corrected chi connectivity index (χ0v) is 7.10. The summed E-state index contributed by atoms with van der Waals surface area (Å²) in [4.78, 5) is 11.2. The van der Waals surface area contributed by atoms with Crippen LogP contribution in [0.3, 0.4) is 0 Å². The van der Waals surface area contributed by atoms with Crippen molar-refractivity contribution in [3.63, 3.8) is 0 Å². The van der Waals surface area contributed by atoms with Crippen LogP contribution in [0, 0.1) is 11.3 Å². The lowest BCUT2D eigenvalue weighted by Crippen LogP contribution is -2.20. The SMILES string of the molecule is N#CCC(=O)C(N)c1ccccc1. The van der Waals surface area contributed by atoms with Gasteiger partial charge in [0.05, 0.1) is 18.5 Å². The van der Waals surface area contributed by atoms with Crippen LogP contribution in [0.5, 0.6) is 0 Å². The second-order valence-electron chi connectivity index (χ2n) is 2.69. The lowest BCUT2D eigenvalue weighted by molar-refractivity contribution is -0.119. The predicted molar refractivity (Wildman–Crippen MR) is 48.6 cm³/mol. The van der Waals surface area contributed by atoms with Crippen molar-refractivity contribution in [2.45, 2.75) is 12.5 Å². The molecular formula is C10H10N2O. The van der Waals surface area contributed by atoms with Crippen molar-refractivity contribution >= 4 is 5.78 Å². The normalized spacial score (nSPS) is 11.7. The van der Waals surface area contributed by atoms with Gasteiger partial charge in [-0.25, -0.2) is 0 Å². The third-order valence-electron chi connectivity index (χ3n) is 1.76. The Labute approximate surface area is 76.8 Å². The van der Waals surface area contributed by atoms with Crippen LogP contribution in [-0.2, 0) is 4.79 Å². The monoisotopic (exact) mass is 174 g/mol. The Morgan fingerprint density at radius 3 is 2.62 bits per heavy atom. The summed E-state index contributed by atoms with van der Waals surface area (Å²) in [5.41, 5.74) is 6.38. The van der Waals surface area contributed by atoms with E-state index in [1.165, 1.54) is 0 Å². The highest BCUT2D eigenvalue weighted by atomic mass is 16.1. The Morgan fingerprint density at radius 1 is 1.46 bits per heavy atom. The Morgan fingerprint density at radius 2 is 2.08 bits per heavy atom. The van der Waals surface area contributed by atoms with Gasteiger partial charge in [-0.1, -0.05) is 30.3 Å². The number of nitrogens with zero attached hydrogens (tertiary/aromatic N) is 1. The first-order valence-corrected chi connectivity index (χ1v) is 3.96. The maximum Gasteiger partial charge on any atom is 0.168 e. The van der Waals surface area contributed by atoms with Crippen LogP contribution >= 0.6 is 0 Å².